The molecule has 0 bridgehead atoms. The fraction of sp³-hybridized carbons (Fsp3) is 0.481. The van der Waals surface area contributed by atoms with Crippen LogP contribution in [0.5, 0.6) is 5.75 Å². The molecule has 0 aliphatic carbocycles. The molecular formula is C27H35N5O7S. The number of carbonyl (C=O) groups excluding carboxylic acids is 2. The molecule has 4 N–H and O–H groups in total. The smallest absolute Gasteiger partial charge is 0.328 e. The molecule has 1 aromatic heterocycles. The second-order valence-electron chi connectivity index (χ2n) is 9.95. The minimum atomic E-state index is -3.81. The molecule has 4 rings (SSSR count). The van der Waals surface area contributed by atoms with E-state index in [1.807, 2.05) is 6.07 Å². The lowest BCUT2D eigenvalue weighted by molar-refractivity contribution is -0.143. The predicted molar refractivity (Wildman–Crippen MR) is 146 cm³/mol. The fourth-order valence-electron chi connectivity index (χ4n) is 4.60. The third-order valence-corrected chi connectivity index (χ3v) is 8.88. The summed E-state index contributed by atoms with van der Waals surface area (Å²) in [6, 6.07) is 8.81. The molecule has 1 fully saturated rings. The van der Waals surface area contributed by atoms with Gasteiger partial charge in [-0.25, -0.2) is 18.2 Å². The van der Waals surface area contributed by atoms with E-state index in [1.54, 1.807) is 12.1 Å². The maximum atomic E-state index is 12.8. The van der Waals surface area contributed by atoms with Crippen LogP contribution < -0.4 is 20.7 Å². The normalized spacial score (nSPS) is 16.1. The number of nitrogens with zero attached hydrogens (tertiary/aromatic N) is 2. The van der Waals surface area contributed by atoms with E-state index >= 15 is 0 Å². The van der Waals surface area contributed by atoms with Gasteiger partial charge < -0.3 is 25.8 Å². The number of carboxylic acid groups (broad SMARTS) is 1. The van der Waals surface area contributed by atoms with Crippen LogP contribution in [0.4, 0.5) is 5.82 Å². The maximum Gasteiger partial charge on any atom is 0.328 e. The van der Waals surface area contributed by atoms with Crippen molar-refractivity contribution in [2.75, 3.05) is 38.6 Å². The number of aromatic nitrogens is 1. The molecule has 3 heterocycles. The zero-order chi connectivity index (χ0) is 28.7. The van der Waals surface area contributed by atoms with Crippen molar-refractivity contribution in [3.8, 4) is 5.75 Å². The Kier molecular flexibility index (Phi) is 9.58. The van der Waals surface area contributed by atoms with Gasteiger partial charge in [-0.3, -0.25) is 9.59 Å². The molecule has 1 atom stereocenters. The van der Waals surface area contributed by atoms with E-state index in [2.05, 4.69) is 27.0 Å². The van der Waals surface area contributed by atoms with E-state index in [1.165, 1.54) is 24.8 Å². The molecule has 12 nitrogen and oxygen atoms in total. The quantitative estimate of drug-likeness (QED) is 0.257. The Hall–Kier alpha value is -3.71. The number of anilines is 1. The van der Waals surface area contributed by atoms with Gasteiger partial charge in [-0.1, -0.05) is 12.1 Å². The number of nitrogens with one attached hydrogen (secondary N) is 3. The monoisotopic (exact) mass is 573 g/mol. The van der Waals surface area contributed by atoms with Gasteiger partial charge in [0.05, 0.1) is 17.9 Å². The summed E-state index contributed by atoms with van der Waals surface area (Å²) in [5.41, 5.74) is 2.19. The summed E-state index contributed by atoms with van der Waals surface area (Å²) in [6.07, 6.45) is 4.46. The molecule has 216 valence electrons. The van der Waals surface area contributed by atoms with Crippen LogP contribution >= 0.6 is 0 Å². The van der Waals surface area contributed by atoms with Crippen LogP contribution in [0.25, 0.3) is 0 Å². The van der Waals surface area contributed by atoms with Gasteiger partial charge in [-0.2, -0.15) is 4.31 Å². The number of carbonyl (C=O) groups is 3. The van der Waals surface area contributed by atoms with E-state index in [9.17, 15) is 27.9 Å². The van der Waals surface area contributed by atoms with Crippen LogP contribution in [-0.2, 0) is 37.2 Å². The third-order valence-electron chi connectivity index (χ3n) is 7.05. The number of aryl methyl sites for hydroxylation is 2. The first-order valence-electron chi connectivity index (χ1n) is 13.3. The summed E-state index contributed by atoms with van der Waals surface area (Å²) >= 11 is 0. The highest BCUT2D eigenvalue weighted by atomic mass is 32.2. The number of sulfonamides is 1. The van der Waals surface area contributed by atoms with Crippen molar-refractivity contribution in [1.82, 2.24) is 19.9 Å². The molecule has 1 saturated heterocycles. The van der Waals surface area contributed by atoms with E-state index in [0.29, 0.717) is 12.2 Å². The second kappa shape index (κ2) is 13.1. The van der Waals surface area contributed by atoms with Crippen molar-refractivity contribution in [3.63, 3.8) is 0 Å². The number of carboxylic acids is 1. The molecule has 2 aliphatic heterocycles. The molecule has 0 radical (unpaired) electrons. The average molecular weight is 574 g/mol. The molecule has 40 heavy (non-hydrogen) atoms. The van der Waals surface area contributed by atoms with E-state index < -0.39 is 33.9 Å². The fourth-order valence-corrected chi connectivity index (χ4v) is 6.17. The van der Waals surface area contributed by atoms with Gasteiger partial charge in [0.15, 0.2) is 0 Å². The Bertz CT molecular complexity index is 1340. The zero-order valence-corrected chi connectivity index (χ0v) is 23.2. The van der Waals surface area contributed by atoms with E-state index in [0.717, 1.165) is 48.0 Å². The summed E-state index contributed by atoms with van der Waals surface area (Å²) < 4.78 is 31.8. The molecule has 2 aromatic rings. The van der Waals surface area contributed by atoms with Crippen molar-refractivity contribution < 1.29 is 32.6 Å². The number of ether oxygens (including phenoxy) is 1. The standard InChI is InChI=1S/C27H35N5O7S/c1-39-21-8-4-9-22(14-21)40(37,38)32-16-19(17-32)26(34)31-23(27(35)36)15-29-24(33)10-3-2-7-20-12-11-18-6-5-13-28-25(18)30-20/h4,8-9,11-12,14,19,23H,2-3,5-7,10,13,15-17H2,1H3,(H,28,30)(H,29,33)(H,31,34)(H,35,36). The number of hydrogen-bond donors (Lipinski definition) is 4. The van der Waals surface area contributed by atoms with Crippen molar-refractivity contribution in [2.45, 2.75) is 49.5 Å². The minimum absolute atomic E-state index is 0.0489. The van der Waals surface area contributed by atoms with Crippen LogP contribution in [0.15, 0.2) is 41.3 Å². The number of unbranched alkanes of at least 4 members (excludes halogenated alkanes) is 1. The number of amides is 2. The molecule has 0 spiro atoms. The number of fused-ring (bicyclic) bond motifs is 1. The number of rotatable bonds is 13. The Labute approximate surface area is 233 Å². The molecular weight excluding hydrogens is 538 g/mol. The van der Waals surface area contributed by atoms with Gasteiger partial charge in [0.25, 0.3) is 0 Å². The third kappa shape index (κ3) is 7.27. The summed E-state index contributed by atoms with van der Waals surface area (Å²) in [4.78, 5) is 41.2. The van der Waals surface area contributed by atoms with Crippen molar-refractivity contribution in [2.24, 2.45) is 5.92 Å². The molecule has 13 heteroatoms. The highest BCUT2D eigenvalue weighted by molar-refractivity contribution is 7.89. The lowest BCUT2D eigenvalue weighted by atomic mass is 10.0. The Morgan fingerprint density at radius 3 is 2.75 bits per heavy atom. The first kappa shape index (κ1) is 29.3. The number of methoxy groups -OCH3 is 1. The predicted octanol–water partition coefficient (Wildman–Crippen LogP) is 1.17. The number of benzene rings is 1. The van der Waals surface area contributed by atoms with Gasteiger partial charge >= 0.3 is 5.97 Å². The Balaban J connectivity index is 1.17. The molecule has 1 unspecified atom stereocenters. The summed E-state index contributed by atoms with van der Waals surface area (Å²) in [7, 11) is -2.37. The number of aliphatic carboxylic acids is 1. The van der Waals surface area contributed by atoms with Crippen LogP contribution in [0.1, 0.15) is 36.9 Å². The highest BCUT2D eigenvalue weighted by Crippen LogP contribution is 2.27. The SMILES string of the molecule is COc1cccc(S(=O)(=O)N2CC(C(=O)NC(CNC(=O)CCCCc3ccc4c(n3)NCCC4)C(=O)O)C2)c1. The largest absolute Gasteiger partial charge is 0.497 e. The lowest BCUT2D eigenvalue weighted by Crippen LogP contribution is -2.58. The Morgan fingerprint density at radius 1 is 1.20 bits per heavy atom. The number of pyridine rings is 1. The second-order valence-corrected chi connectivity index (χ2v) is 11.9. The maximum absolute atomic E-state index is 12.8. The van der Waals surface area contributed by atoms with Gasteiger partial charge in [0.1, 0.15) is 17.6 Å². The number of hydrogen-bond acceptors (Lipinski definition) is 8. The Morgan fingerprint density at radius 2 is 2.00 bits per heavy atom. The van der Waals surface area contributed by atoms with Crippen LogP contribution in [-0.4, -0.2) is 79.9 Å². The molecule has 2 aliphatic rings. The van der Waals surface area contributed by atoms with E-state index in [-0.39, 0.29) is 36.9 Å². The lowest BCUT2D eigenvalue weighted by Gasteiger charge is -2.37. The van der Waals surface area contributed by atoms with Crippen LogP contribution in [0, 0.1) is 5.92 Å². The molecule has 1 aromatic carbocycles. The van der Waals surface area contributed by atoms with Gasteiger partial charge in [0.2, 0.25) is 21.8 Å². The first-order valence-corrected chi connectivity index (χ1v) is 14.8. The first-order chi connectivity index (χ1) is 19.2. The van der Waals surface area contributed by atoms with Crippen molar-refractivity contribution >= 4 is 33.6 Å². The van der Waals surface area contributed by atoms with Crippen LogP contribution in [0.2, 0.25) is 0 Å². The van der Waals surface area contributed by atoms with Gasteiger partial charge in [0, 0.05) is 44.4 Å². The molecule has 2 amide bonds. The average Bonchev–Trinajstić information content (AvgIpc) is 2.92. The summed E-state index contributed by atoms with van der Waals surface area (Å²) in [5, 5.41) is 17.8. The van der Waals surface area contributed by atoms with E-state index in [4.69, 9.17) is 4.74 Å². The summed E-state index contributed by atoms with van der Waals surface area (Å²) in [6.45, 7) is 0.515. The van der Waals surface area contributed by atoms with Gasteiger partial charge in [-0.15, -0.1) is 0 Å². The summed E-state index contributed by atoms with van der Waals surface area (Å²) in [5.74, 6) is -1.53. The van der Waals surface area contributed by atoms with Gasteiger partial charge in [-0.05, 0) is 55.9 Å². The van der Waals surface area contributed by atoms with Crippen molar-refractivity contribution in [3.05, 3.63) is 47.7 Å². The van der Waals surface area contributed by atoms with Crippen molar-refractivity contribution in [1.29, 1.82) is 0 Å². The molecule has 0 saturated carbocycles. The topological polar surface area (TPSA) is 167 Å². The zero-order valence-electron chi connectivity index (χ0n) is 22.4. The van der Waals surface area contributed by atoms with Crippen LogP contribution in [0.3, 0.4) is 0 Å². The highest BCUT2D eigenvalue weighted by Gasteiger charge is 2.41. The minimum Gasteiger partial charge on any atom is -0.497 e.